The predicted octanol–water partition coefficient (Wildman–Crippen LogP) is 2.13. The number of rotatable bonds is 6. The van der Waals surface area contributed by atoms with Gasteiger partial charge in [-0.15, -0.1) is 0 Å². The standard InChI is InChI=1S/C22H23FN6O3S/c23-14-3-5-15(6-4-14)25-17(30)11-29-12-24-19-18(21(29)32)33-22(27-19)28-9-1-2-13(10-28)20(31)26-16-7-8-16/h3-6,12-13,16H,1-2,7-11H2,(H,25,30)(H,26,31)/t13-/m0/s1. The number of nitrogens with zero attached hydrogens (tertiary/aromatic N) is 4. The molecule has 2 aliphatic rings. The second kappa shape index (κ2) is 8.89. The largest absolute Gasteiger partial charge is 0.353 e. The SMILES string of the molecule is O=C(Cn1cnc2nc(N3CCC[C@H](C(=O)NC4CC4)C3)sc2c1=O)Nc1ccc(F)cc1. The van der Waals surface area contributed by atoms with E-state index in [2.05, 4.69) is 20.6 Å². The van der Waals surface area contributed by atoms with E-state index in [4.69, 9.17) is 0 Å². The monoisotopic (exact) mass is 470 g/mol. The molecule has 1 aliphatic carbocycles. The number of nitrogens with one attached hydrogen (secondary N) is 2. The van der Waals surface area contributed by atoms with Crippen molar-refractivity contribution >= 4 is 44.3 Å². The van der Waals surface area contributed by atoms with Crippen LogP contribution in [0, 0.1) is 11.7 Å². The third kappa shape index (κ3) is 4.87. The molecule has 2 aromatic heterocycles. The number of amides is 2. The van der Waals surface area contributed by atoms with Crippen molar-refractivity contribution in [2.45, 2.75) is 38.3 Å². The topological polar surface area (TPSA) is 109 Å². The Balaban J connectivity index is 1.29. The summed E-state index contributed by atoms with van der Waals surface area (Å²) in [6, 6.07) is 5.72. The van der Waals surface area contributed by atoms with Crippen molar-refractivity contribution < 1.29 is 14.0 Å². The molecule has 0 radical (unpaired) electrons. The van der Waals surface area contributed by atoms with E-state index >= 15 is 0 Å². The van der Waals surface area contributed by atoms with Gasteiger partial charge in [-0.2, -0.15) is 4.98 Å². The average Bonchev–Trinajstić information content (AvgIpc) is 3.51. The molecule has 33 heavy (non-hydrogen) atoms. The minimum absolute atomic E-state index is 0.0915. The molecule has 0 unspecified atom stereocenters. The number of carbonyl (C=O) groups is 2. The summed E-state index contributed by atoms with van der Waals surface area (Å²) in [6.45, 7) is 1.10. The summed E-state index contributed by atoms with van der Waals surface area (Å²) >= 11 is 1.23. The van der Waals surface area contributed by atoms with E-state index in [9.17, 15) is 18.8 Å². The minimum atomic E-state index is -0.421. The van der Waals surface area contributed by atoms with Crippen LogP contribution in [0.5, 0.6) is 0 Å². The summed E-state index contributed by atoms with van der Waals surface area (Å²) < 4.78 is 14.6. The molecule has 1 aliphatic heterocycles. The normalized spacial score (nSPS) is 18.3. The molecule has 11 heteroatoms. The lowest BCUT2D eigenvalue weighted by molar-refractivity contribution is -0.125. The van der Waals surface area contributed by atoms with Crippen LogP contribution in [0.25, 0.3) is 10.3 Å². The van der Waals surface area contributed by atoms with Crippen molar-refractivity contribution in [3.63, 3.8) is 0 Å². The number of piperidine rings is 1. The van der Waals surface area contributed by atoms with Crippen molar-refractivity contribution in [1.29, 1.82) is 0 Å². The second-order valence-corrected chi connectivity index (χ2v) is 9.43. The van der Waals surface area contributed by atoms with Crippen LogP contribution >= 0.6 is 11.3 Å². The summed E-state index contributed by atoms with van der Waals surface area (Å²) in [5.74, 6) is -0.819. The van der Waals surface area contributed by atoms with Crippen molar-refractivity contribution in [3.8, 4) is 0 Å². The van der Waals surface area contributed by atoms with E-state index < -0.39 is 11.7 Å². The summed E-state index contributed by atoms with van der Waals surface area (Å²) in [5.41, 5.74) is 0.423. The van der Waals surface area contributed by atoms with Crippen LogP contribution in [0.3, 0.4) is 0 Å². The van der Waals surface area contributed by atoms with Gasteiger partial charge in [0.1, 0.15) is 23.4 Å². The number of halogens is 1. The van der Waals surface area contributed by atoms with E-state index in [0.717, 1.165) is 32.2 Å². The van der Waals surface area contributed by atoms with Crippen LogP contribution in [0.15, 0.2) is 35.4 Å². The zero-order valence-electron chi connectivity index (χ0n) is 17.8. The molecule has 3 aromatic rings. The molecule has 1 saturated heterocycles. The Morgan fingerprint density at radius 1 is 1.18 bits per heavy atom. The first kappa shape index (κ1) is 21.5. The van der Waals surface area contributed by atoms with E-state index in [-0.39, 0.29) is 23.9 Å². The smallest absolute Gasteiger partial charge is 0.273 e. The quantitative estimate of drug-likeness (QED) is 0.571. The van der Waals surface area contributed by atoms with Gasteiger partial charge in [-0.05, 0) is 49.9 Å². The fourth-order valence-electron chi connectivity index (χ4n) is 3.88. The number of carbonyl (C=O) groups excluding carboxylic acids is 2. The molecule has 1 saturated carbocycles. The molecule has 1 atom stereocenters. The van der Waals surface area contributed by atoms with Gasteiger partial charge in [-0.1, -0.05) is 11.3 Å². The van der Waals surface area contributed by atoms with Gasteiger partial charge < -0.3 is 15.5 Å². The third-order valence-corrected chi connectivity index (χ3v) is 6.89. The van der Waals surface area contributed by atoms with Crippen molar-refractivity contribution in [2.75, 3.05) is 23.3 Å². The van der Waals surface area contributed by atoms with Gasteiger partial charge >= 0.3 is 0 Å². The molecule has 3 heterocycles. The summed E-state index contributed by atoms with van der Waals surface area (Å²) in [6.07, 6.45) is 5.13. The Kier molecular flexibility index (Phi) is 5.79. The molecule has 1 aromatic carbocycles. The molecule has 2 fully saturated rings. The number of thiazole rings is 1. The van der Waals surface area contributed by atoms with E-state index in [1.807, 2.05) is 4.90 Å². The highest BCUT2D eigenvalue weighted by Crippen LogP contribution is 2.30. The fraction of sp³-hybridized carbons (Fsp3) is 0.409. The number of hydrogen-bond donors (Lipinski definition) is 2. The van der Waals surface area contributed by atoms with Crippen LogP contribution in [0.4, 0.5) is 15.2 Å². The third-order valence-electron chi connectivity index (χ3n) is 5.80. The van der Waals surface area contributed by atoms with E-state index in [1.54, 1.807) is 0 Å². The van der Waals surface area contributed by atoms with Crippen LogP contribution in [0.2, 0.25) is 0 Å². The Morgan fingerprint density at radius 3 is 2.73 bits per heavy atom. The number of fused-ring (bicyclic) bond motifs is 1. The molecular formula is C22H23FN6O3S. The maximum absolute atomic E-state index is 13.0. The van der Waals surface area contributed by atoms with Gasteiger partial charge in [0.15, 0.2) is 10.8 Å². The first-order valence-electron chi connectivity index (χ1n) is 10.9. The van der Waals surface area contributed by atoms with Crippen molar-refractivity contribution in [2.24, 2.45) is 5.92 Å². The Bertz CT molecular complexity index is 1250. The van der Waals surface area contributed by atoms with Crippen molar-refractivity contribution in [1.82, 2.24) is 19.9 Å². The maximum atomic E-state index is 13.0. The summed E-state index contributed by atoms with van der Waals surface area (Å²) in [4.78, 5) is 48.6. The van der Waals surface area contributed by atoms with Gasteiger partial charge in [0.25, 0.3) is 5.56 Å². The Morgan fingerprint density at radius 2 is 1.97 bits per heavy atom. The van der Waals surface area contributed by atoms with Crippen LogP contribution in [0.1, 0.15) is 25.7 Å². The maximum Gasteiger partial charge on any atom is 0.273 e. The van der Waals surface area contributed by atoms with Gasteiger partial charge in [-0.25, -0.2) is 9.37 Å². The summed E-state index contributed by atoms with van der Waals surface area (Å²) in [7, 11) is 0. The van der Waals surface area contributed by atoms with Crippen LogP contribution < -0.4 is 21.1 Å². The Labute approximate surface area is 192 Å². The molecular weight excluding hydrogens is 447 g/mol. The molecule has 2 amide bonds. The van der Waals surface area contributed by atoms with E-state index in [0.29, 0.717) is 33.8 Å². The predicted molar refractivity (Wildman–Crippen MR) is 123 cm³/mol. The van der Waals surface area contributed by atoms with Crippen LogP contribution in [-0.4, -0.2) is 45.5 Å². The second-order valence-electron chi connectivity index (χ2n) is 8.45. The fourth-order valence-corrected chi connectivity index (χ4v) is 4.89. The number of aromatic nitrogens is 3. The number of benzene rings is 1. The number of hydrogen-bond acceptors (Lipinski definition) is 7. The molecule has 2 N–H and O–H groups in total. The van der Waals surface area contributed by atoms with Gasteiger partial charge in [0.05, 0.1) is 5.92 Å². The molecule has 172 valence electrons. The average molecular weight is 471 g/mol. The Hall–Kier alpha value is -3.34. The highest BCUT2D eigenvalue weighted by molar-refractivity contribution is 7.22. The van der Waals surface area contributed by atoms with Gasteiger partial charge in [0, 0.05) is 24.8 Å². The molecule has 0 spiro atoms. The highest BCUT2D eigenvalue weighted by Gasteiger charge is 2.31. The zero-order chi connectivity index (χ0) is 22.9. The molecule has 0 bridgehead atoms. The summed E-state index contributed by atoms with van der Waals surface area (Å²) in [5, 5.41) is 6.36. The highest BCUT2D eigenvalue weighted by atomic mass is 32.1. The van der Waals surface area contributed by atoms with Crippen molar-refractivity contribution in [3.05, 3.63) is 46.8 Å². The van der Waals surface area contributed by atoms with Gasteiger partial charge in [-0.3, -0.25) is 19.0 Å². The first-order chi connectivity index (χ1) is 16.0. The number of anilines is 2. The van der Waals surface area contributed by atoms with Crippen LogP contribution in [-0.2, 0) is 16.1 Å². The lowest BCUT2D eigenvalue weighted by Crippen LogP contribution is -2.43. The lowest BCUT2D eigenvalue weighted by Gasteiger charge is -2.31. The molecule has 9 nitrogen and oxygen atoms in total. The minimum Gasteiger partial charge on any atom is -0.353 e. The molecule has 5 rings (SSSR count). The first-order valence-corrected chi connectivity index (χ1v) is 11.7. The lowest BCUT2D eigenvalue weighted by atomic mass is 9.97. The zero-order valence-corrected chi connectivity index (χ0v) is 18.6. The van der Waals surface area contributed by atoms with Gasteiger partial charge in [0.2, 0.25) is 11.8 Å². The van der Waals surface area contributed by atoms with E-state index in [1.165, 1.54) is 46.5 Å².